The number of piperidine rings is 1. The Morgan fingerprint density at radius 1 is 1.31 bits per heavy atom. The molecule has 6 nitrogen and oxygen atoms in total. The zero-order valence-corrected chi connectivity index (χ0v) is 19.8. The predicted molar refractivity (Wildman–Crippen MR) is 122 cm³/mol. The van der Waals surface area contributed by atoms with Crippen molar-refractivity contribution in [1.29, 1.82) is 0 Å². The van der Waals surface area contributed by atoms with E-state index in [2.05, 4.69) is 33.6 Å². The monoisotopic (exact) mass is 442 g/mol. The zero-order valence-electron chi connectivity index (χ0n) is 18.2. The second-order valence-corrected chi connectivity index (χ2v) is 12.0. The third kappa shape index (κ3) is 6.59. The number of nitrogens with zero attached hydrogens (tertiary/aromatic N) is 2. The molecule has 0 spiro atoms. The highest BCUT2D eigenvalue weighted by Gasteiger charge is 2.31. The van der Waals surface area contributed by atoms with E-state index in [0.717, 1.165) is 31.0 Å². The minimum atomic E-state index is -3.16. The average molecular weight is 443 g/mol. The van der Waals surface area contributed by atoms with Gasteiger partial charge in [-0.25, -0.2) is 8.42 Å². The van der Waals surface area contributed by atoms with Gasteiger partial charge in [0.2, 0.25) is 0 Å². The molecule has 1 fully saturated rings. The molecular formula is C21H35ClN4O2S. The van der Waals surface area contributed by atoms with Gasteiger partial charge in [0.1, 0.15) is 0 Å². The molecule has 2 N–H and O–H groups in total. The van der Waals surface area contributed by atoms with Gasteiger partial charge in [0.25, 0.3) is 0 Å². The first-order valence-corrected chi connectivity index (χ1v) is 12.2. The Labute approximate surface area is 181 Å². The van der Waals surface area contributed by atoms with Gasteiger partial charge in [-0.1, -0.05) is 23.7 Å². The first-order valence-electron chi connectivity index (χ1n) is 10.2. The van der Waals surface area contributed by atoms with E-state index < -0.39 is 14.6 Å². The molecule has 0 bridgehead atoms. The lowest BCUT2D eigenvalue weighted by Gasteiger charge is -2.40. The number of nitrogens with one attached hydrogen (secondary N) is 2. The van der Waals surface area contributed by atoms with Crippen LogP contribution in [0.2, 0.25) is 5.02 Å². The highest BCUT2D eigenvalue weighted by Crippen LogP contribution is 2.35. The van der Waals surface area contributed by atoms with Crippen LogP contribution in [0.5, 0.6) is 0 Å². The lowest BCUT2D eigenvalue weighted by Crippen LogP contribution is -2.46. The van der Waals surface area contributed by atoms with Gasteiger partial charge >= 0.3 is 0 Å². The molecule has 2 rings (SSSR count). The fourth-order valence-electron chi connectivity index (χ4n) is 3.75. The van der Waals surface area contributed by atoms with Gasteiger partial charge in [0, 0.05) is 31.2 Å². The number of hydrogen-bond donors (Lipinski definition) is 2. The molecule has 0 aliphatic carbocycles. The quantitative estimate of drug-likeness (QED) is 0.523. The molecule has 8 heteroatoms. The summed E-state index contributed by atoms with van der Waals surface area (Å²) in [4.78, 5) is 6.63. The van der Waals surface area contributed by atoms with Crippen LogP contribution in [0.15, 0.2) is 29.3 Å². The Bertz CT molecular complexity index is 805. The molecular weight excluding hydrogens is 408 g/mol. The standard InChI is InChI=1S/C21H35ClN4O2S/c1-21(2,3)29(27,28)13-11-24-20(23-4)25-15-17-9-7-12-26(5)19(17)16-8-6-10-18(22)14-16/h6,8,10,14,17,19H,7,9,11-13,15H2,1-5H3,(H2,23,24,25). The van der Waals surface area contributed by atoms with Gasteiger partial charge in [0.05, 0.1) is 10.5 Å². The molecule has 1 saturated heterocycles. The summed E-state index contributed by atoms with van der Waals surface area (Å²) in [6.45, 7) is 7.33. The highest BCUT2D eigenvalue weighted by atomic mass is 35.5. The number of sulfone groups is 1. The summed E-state index contributed by atoms with van der Waals surface area (Å²) in [6, 6.07) is 8.37. The second-order valence-electron chi connectivity index (χ2n) is 8.69. The lowest BCUT2D eigenvalue weighted by atomic mass is 9.85. The Morgan fingerprint density at radius 2 is 2.03 bits per heavy atom. The van der Waals surface area contributed by atoms with Crippen LogP contribution >= 0.6 is 11.6 Å². The molecule has 0 saturated carbocycles. The third-order valence-corrected chi connectivity index (χ3v) is 8.39. The molecule has 0 aromatic heterocycles. The Morgan fingerprint density at radius 3 is 2.66 bits per heavy atom. The highest BCUT2D eigenvalue weighted by molar-refractivity contribution is 7.92. The Hall–Kier alpha value is -1.31. The van der Waals surface area contributed by atoms with Crippen LogP contribution in [0.1, 0.15) is 45.2 Å². The second kappa shape index (κ2) is 10.1. The van der Waals surface area contributed by atoms with Crippen molar-refractivity contribution in [2.24, 2.45) is 10.9 Å². The largest absolute Gasteiger partial charge is 0.356 e. The van der Waals surface area contributed by atoms with Crippen LogP contribution in [0.4, 0.5) is 0 Å². The van der Waals surface area contributed by atoms with E-state index in [1.807, 2.05) is 18.2 Å². The molecule has 1 aromatic rings. The first kappa shape index (κ1) is 24.0. The molecule has 1 heterocycles. The van der Waals surface area contributed by atoms with Gasteiger partial charge in [-0.05, 0) is 70.8 Å². The van der Waals surface area contributed by atoms with Gasteiger partial charge < -0.3 is 10.6 Å². The summed E-state index contributed by atoms with van der Waals surface area (Å²) in [6.07, 6.45) is 2.26. The maximum absolute atomic E-state index is 12.3. The van der Waals surface area contributed by atoms with E-state index in [4.69, 9.17) is 11.6 Å². The smallest absolute Gasteiger partial charge is 0.191 e. The molecule has 1 aliphatic heterocycles. The fourth-order valence-corrected chi connectivity index (χ4v) is 4.93. The van der Waals surface area contributed by atoms with E-state index in [9.17, 15) is 8.42 Å². The first-order chi connectivity index (χ1) is 13.5. The van der Waals surface area contributed by atoms with Crippen LogP contribution < -0.4 is 10.6 Å². The maximum Gasteiger partial charge on any atom is 0.191 e. The van der Waals surface area contributed by atoms with E-state index in [0.29, 0.717) is 18.4 Å². The summed E-state index contributed by atoms with van der Waals surface area (Å²) in [7, 11) is 0.701. The molecule has 2 unspecified atom stereocenters. The van der Waals surface area contributed by atoms with Crippen molar-refractivity contribution in [1.82, 2.24) is 15.5 Å². The summed E-state index contributed by atoms with van der Waals surface area (Å²) in [5, 5.41) is 7.28. The van der Waals surface area contributed by atoms with E-state index >= 15 is 0 Å². The maximum atomic E-state index is 12.3. The van der Waals surface area contributed by atoms with E-state index in [1.165, 1.54) is 5.56 Å². The number of rotatable bonds is 6. The van der Waals surface area contributed by atoms with Crippen molar-refractivity contribution < 1.29 is 8.42 Å². The Kier molecular flexibility index (Phi) is 8.37. The molecule has 0 radical (unpaired) electrons. The molecule has 2 atom stereocenters. The average Bonchev–Trinajstić information content (AvgIpc) is 2.63. The fraction of sp³-hybridized carbons (Fsp3) is 0.667. The van der Waals surface area contributed by atoms with Crippen LogP contribution in [0, 0.1) is 5.92 Å². The lowest BCUT2D eigenvalue weighted by molar-refractivity contribution is 0.122. The summed E-state index contributed by atoms with van der Waals surface area (Å²) in [5.41, 5.74) is 1.23. The van der Waals surface area contributed by atoms with Gasteiger partial charge in [-0.2, -0.15) is 0 Å². The Balaban J connectivity index is 1.96. The van der Waals surface area contributed by atoms with Crippen LogP contribution in [-0.2, 0) is 9.84 Å². The van der Waals surface area contributed by atoms with Crippen LogP contribution in [0.25, 0.3) is 0 Å². The number of halogens is 1. The minimum absolute atomic E-state index is 0.0779. The number of aliphatic imine (C=N–C) groups is 1. The summed E-state index contributed by atoms with van der Waals surface area (Å²) in [5.74, 6) is 1.12. The van der Waals surface area contributed by atoms with Crippen molar-refractivity contribution >= 4 is 27.4 Å². The van der Waals surface area contributed by atoms with Gasteiger partial charge in [-0.15, -0.1) is 0 Å². The number of guanidine groups is 1. The topological polar surface area (TPSA) is 73.8 Å². The third-order valence-electron chi connectivity index (χ3n) is 5.55. The molecule has 0 amide bonds. The zero-order chi connectivity index (χ0) is 21.7. The predicted octanol–water partition coefficient (Wildman–Crippen LogP) is 3.10. The SMILES string of the molecule is CN=C(NCCS(=O)(=O)C(C)(C)C)NCC1CCCN(C)C1c1cccc(Cl)c1. The number of hydrogen-bond acceptors (Lipinski definition) is 4. The van der Waals surface area contributed by atoms with Crippen molar-refractivity contribution in [3.8, 4) is 0 Å². The molecule has 1 aliphatic rings. The minimum Gasteiger partial charge on any atom is -0.356 e. The van der Waals surface area contributed by atoms with Crippen molar-refractivity contribution in [3.63, 3.8) is 0 Å². The molecule has 1 aromatic carbocycles. The van der Waals surface area contributed by atoms with Crippen LogP contribution in [-0.4, -0.2) is 63.5 Å². The summed E-state index contributed by atoms with van der Waals surface area (Å²) >= 11 is 6.22. The van der Waals surface area contributed by atoms with Gasteiger partial charge in [0.15, 0.2) is 15.8 Å². The number of benzene rings is 1. The number of likely N-dealkylation sites (tertiary alicyclic amines) is 1. The van der Waals surface area contributed by atoms with Crippen molar-refractivity contribution in [3.05, 3.63) is 34.9 Å². The van der Waals surface area contributed by atoms with Gasteiger partial charge in [-0.3, -0.25) is 9.89 Å². The van der Waals surface area contributed by atoms with Crippen molar-refractivity contribution in [2.45, 2.75) is 44.4 Å². The van der Waals surface area contributed by atoms with E-state index in [1.54, 1.807) is 27.8 Å². The van der Waals surface area contributed by atoms with E-state index in [-0.39, 0.29) is 11.8 Å². The summed E-state index contributed by atoms with van der Waals surface area (Å²) < 4.78 is 23.8. The molecule has 29 heavy (non-hydrogen) atoms. The van der Waals surface area contributed by atoms with Crippen molar-refractivity contribution in [2.75, 3.05) is 39.5 Å². The normalized spacial score (nSPS) is 21.8. The van der Waals surface area contributed by atoms with Crippen LogP contribution in [0.3, 0.4) is 0 Å². The molecule has 164 valence electrons.